The zero-order valence-electron chi connectivity index (χ0n) is 20.6. The van der Waals surface area contributed by atoms with Crippen LogP contribution in [0.4, 0.5) is 19.3 Å². The molecule has 0 bridgehead atoms. The van der Waals surface area contributed by atoms with Crippen LogP contribution in [0.3, 0.4) is 0 Å². The molecule has 1 fully saturated rings. The molecule has 3 aromatic rings. The molecular formula is C28H26Cl2F2N4O. The molecule has 4 rings (SSSR count). The average molecular weight is 543 g/mol. The van der Waals surface area contributed by atoms with E-state index in [0.717, 1.165) is 6.07 Å². The van der Waals surface area contributed by atoms with Gasteiger partial charge in [0.25, 0.3) is 0 Å². The molecule has 9 heteroatoms. The van der Waals surface area contributed by atoms with Crippen molar-refractivity contribution in [2.24, 2.45) is 11.3 Å². The highest BCUT2D eigenvalue weighted by Gasteiger charge is 2.60. The van der Waals surface area contributed by atoms with Crippen molar-refractivity contribution >= 4 is 34.9 Å². The zero-order chi connectivity index (χ0) is 27.0. The average Bonchev–Trinajstić information content (AvgIpc) is 3.14. The minimum Gasteiger partial charge on any atom is -0.315 e. The number of urea groups is 1. The van der Waals surface area contributed by atoms with Crippen LogP contribution >= 0.6 is 23.2 Å². The summed E-state index contributed by atoms with van der Waals surface area (Å²) in [7, 11) is 0. The lowest BCUT2D eigenvalue weighted by Crippen LogP contribution is -2.42. The molecule has 192 valence electrons. The molecule has 1 aliphatic heterocycles. The highest BCUT2D eigenvalue weighted by molar-refractivity contribution is 6.31. The molecule has 0 spiro atoms. The molecule has 2 amide bonds. The maximum atomic E-state index is 15.6. The minimum absolute atomic E-state index is 0.0321. The molecule has 5 nitrogen and oxygen atoms in total. The molecule has 2 heterocycles. The van der Waals surface area contributed by atoms with Crippen LogP contribution in [0.5, 0.6) is 0 Å². The van der Waals surface area contributed by atoms with Gasteiger partial charge in [0.1, 0.15) is 17.0 Å². The van der Waals surface area contributed by atoms with E-state index in [-0.39, 0.29) is 33.1 Å². The molecule has 0 radical (unpaired) electrons. The maximum absolute atomic E-state index is 15.6. The topological polar surface area (TPSA) is 69.0 Å². The Balaban J connectivity index is 1.98. The maximum Gasteiger partial charge on any atom is 0.322 e. The van der Waals surface area contributed by atoms with Crippen LogP contribution in [0.25, 0.3) is 0 Å². The second-order valence-electron chi connectivity index (χ2n) is 10.4. The monoisotopic (exact) mass is 542 g/mol. The van der Waals surface area contributed by atoms with E-state index in [0.29, 0.717) is 12.1 Å². The highest BCUT2D eigenvalue weighted by Crippen LogP contribution is 2.56. The third-order valence-corrected chi connectivity index (χ3v) is 7.22. The van der Waals surface area contributed by atoms with Gasteiger partial charge in [-0.3, -0.25) is 4.98 Å². The molecule has 1 N–H and O–H groups in total. The van der Waals surface area contributed by atoms with Crippen molar-refractivity contribution in [3.8, 4) is 6.07 Å². The number of nitriles is 1. The molecule has 1 saturated heterocycles. The SMILES string of the molecule is CC(C)(C)C[C@@H]1CN(C(=O)Nc2ccncc2)[C@H](c2cccc(Cl)c2F)[C@@]1(C#N)c1ccc(Cl)cc1F. The molecular weight excluding hydrogens is 517 g/mol. The van der Waals surface area contributed by atoms with Gasteiger partial charge in [0.2, 0.25) is 0 Å². The number of benzene rings is 2. The molecule has 1 aromatic heterocycles. The number of likely N-dealkylation sites (tertiary alicyclic amines) is 1. The van der Waals surface area contributed by atoms with Gasteiger partial charge in [-0.1, -0.05) is 62.2 Å². The molecule has 0 unspecified atom stereocenters. The number of halogens is 4. The van der Waals surface area contributed by atoms with Crippen LogP contribution in [0.15, 0.2) is 60.9 Å². The quantitative estimate of drug-likeness (QED) is 0.366. The predicted molar refractivity (Wildman–Crippen MR) is 140 cm³/mol. The van der Waals surface area contributed by atoms with Crippen molar-refractivity contribution in [3.63, 3.8) is 0 Å². The van der Waals surface area contributed by atoms with Gasteiger partial charge in [0, 0.05) is 46.7 Å². The largest absolute Gasteiger partial charge is 0.322 e. The van der Waals surface area contributed by atoms with E-state index < -0.39 is 35.0 Å². The molecule has 0 saturated carbocycles. The summed E-state index contributed by atoms with van der Waals surface area (Å²) < 4.78 is 31.2. The summed E-state index contributed by atoms with van der Waals surface area (Å²) in [5.74, 6) is -2.00. The van der Waals surface area contributed by atoms with E-state index >= 15 is 8.78 Å². The first-order valence-electron chi connectivity index (χ1n) is 11.8. The first kappa shape index (κ1) is 26.8. The van der Waals surface area contributed by atoms with Crippen molar-refractivity contribution in [1.29, 1.82) is 5.26 Å². The summed E-state index contributed by atoms with van der Waals surface area (Å²) in [6.45, 7) is 6.09. The Kier molecular flexibility index (Phi) is 7.45. The highest BCUT2D eigenvalue weighted by atomic mass is 35.5. The Hall–Kier alpha value is -3.21. The fourth-order valence-corrected chi connectivity index (χ4v) is 5.64. The number of amides is 2. The molecule has 1 aliphatic rings. The van der Waals surface area contributed by atoms with Crippen LogP contribution in [0.1, 0.15) is 44.4 Å². The van der Waals surface area contributed by atoms with Gasteiger partial charge >= 0.3 is 6.03 Å². The van der Waals surface area contributed by atoms with Gasteiger partial charge in [-0.2, -0.15) is 5.26 Å². The van der Waals surface area contributed by atoms with Crippen LogP contribution in [-0.4, -0.2) is 22.5 Å². The van der Waals surface area contributed by atoms with Gasteiger partial charge in [-0.05, 0) is 42.2 Å². The molecule has 2 aromatic carbocycles. The fourth-order valence-electron chi connectivity index (χ4n) is 5.30. The van der Waals surface area contributed by atoms with E-state index in [2.05, 4.69) is 16.4 Å². The number of aromatic nitrogens is 1. The zero-order valence-corrected chi connectivity index (χ0v) is 22.1. The molecule has 0 aliphatic carbocycles. The number of carbonyl (C=O) groups excluding carboxylic acids is 1. The van der Waals surface area contributed by atoms with E-state index in [1.807, 2.05) is 20.8 Å². The first-order valence-corrected chi connectivity index (χ1v) is 12.5. The number of anilines is 1. The molecule has 37 heavy (non-hydrogen) atoms. The van der Waals surface area contributed by atoms with Gasteiger partial charge in [0.15, 0.2) is 0 Å². The number of nitrogens with zero attached hydrogens (tertiary/aromatic N) is 3. The van der Waals surface area contributed by atoms with Crippen molar-refractivity contribution in [3.05, 3.63) is 93.7 Å². The smallest absolute Gasteiger partial charge is 0.315 e. The predicted octanol–water partition coefficient (Wildman–Crippen LogP) is 7.77. The van der Waals surface area contributed by atoms with Crippen LogP contribution in [-0.2, 0) is 5.41 Å². The van der Waals surface area contributed by atoms with Crippen LogP contribution in [0.2, 0.25) is 10.0 Å². The lowest BCUT2D eigenvalue weighted by molar-refractivity contribution is 0.198. The van der Waals surface area contributed by atoms with E-state index in [1.54, 1.807) is 18.2 Å². The number of rotatable bonds is 4. The van der Waals surface area contributed by atoms with Gasteiger partial charge in [0.05, 0.1) is 17.1 Å². The van der Waals surface area contributed by atoms with E-state index in [1.165, 1.54) is 41.6 Å². The van der Waals surface area contributed by atoms with Crippen molar-refractivity contribution in [2.75, 3.05) is 11.9 Å². The normalized spacial score (nSPS) is 21.5. The van der Waals surface area contributed by atoms with Crippen molar-refractivity contribution in [2.45, 2.75) is 38.6 Å². The summed E-state index contributed by atoms with van der Waals surface area (Å²) in [4.78, 5) is 19.1. The Morgan fingerprint density at radius 2 is 1.89 bits per heavy atom. The number of pyridine rings is 1. The third kappa shape index (κ3) is 5.14. The van der Waals surface area contributed by atoms with Gasteiger partial charge in [-0.15, -0.1) is 0 Å². The summed E-state index contributed by atoms with van der Waals surface area (Å²) in [6.07, 6.45) is 3.51. The Morgan fingerprint density at radius 3 is 2.51 bits per heavy atom. The fraction of sp³-hybridized carbons (Fsp3) is 0.321. The number of hydrogen-bond donors (Lipinski definition) is 1. The summed E-state index contributed by atoms with van der Waals surface area (Å²) in [5.41, 5.74) is -1.36. The Labute approximate surface area is 225 Å². The van der Waals surface area contributed by atoms with E-state index in [9.17, 15) is 10.1 Å². The lowest BCUT2D eigenvalue weighted by atomic mass is 9.63. The van der Waals surface area contributed by atoms with Gasteiger partial charge in [-0.25, -0.2) is 13.6 Å². The standard InChI is InChI=1S/C28H26Cl2F2N4O/c1-27(2,3)14-17-15-36(26(37)35-19-9-11-34-12-10-19)25(20-5-4-6-22(30)24(20)32)28(17,16-33)21-8-7-18(29)13-23(21)31/h4-13,17,25H,14-15H2,1-3H3,(H,34,35,37)/t17-,25-,28-/m1/s1. The number of hydrogen-bond acceptors (Lipinski definition) is 3. The summed E-state index contributed by atoms with van der Waals surface area (Å²) in [6, 6.07) is 12.4. The lowest BCUT2D eigenvalue weighted by Gasteiger charge is -2.38. The second kappa shape index (κ2) is 10.3. The number of nitrogens with one attached hydrogen (secondary N) is 1. The van der Waals surface area contributed by atoms with Crippen LogP contribution in [0, 0.1) is 34.3 Å². The summed E-state index contributed by atoms with van der Waals surface area (Å²) in [5, 5.41) is 13.7. The van der Waals surface area contributed by atoms with Crippen molar-refractivity contribution < 1.29 is 13.6 Å². The first-order chi connectivity index (χ1) is 17.5. The van der Waals surface area contributed by atoms with Gasteiger partial charge < -0.3 is 10.2 Å². The summed E-state index contributed by atoms with van der Waals surface area (Å²) >= 11 is 12.2. The Morgan fingerprint density at radius 1 is 1.19 bits per heavy atom. The number of carbonyl (C=O) groups is 1. The molecule has 3 atom stereocenters. The van der Waals surface area contributed by atoms with E-state index in [4.69, 9.17) is 23.2 Å². The van der Waals surface area contributed by atoms with Crippen molar-refractivity contribution in [1.82, 2.24) is 9.88 Å². The Bertz CT molecular complexity index is 1360. The second-order valence-corrected chi connectivity index (χ2v) is 11.3. The third-order valence-electron chi connectivity index (χ3n) is 6.69. The minimum atomic E-state index is -1.64. The van der Waals surface area contributed by atoms with Crippen LogP contribution < -0.4 is 5.32 Å².